The van der Waals surface area contributed by atoms with E-state index >= 15 is 0 Å². The van der Waals surface area contributed by atoms with Gasteiger partial charge in [-0.1, -0.05) is 24.3 Å². The van der Waals surface area contributed by atoms with E-state index < -0.39 is 0 Å². The molecule has 0 spiro atoms. The van der Waals surface area contributed by atoms with Crippen molar-refractivity contribution in [3.63, 3.8) is 0 Å². The zero-order chi connectivity index (χ0) is 15.8. The van der Waals surface area contributed by atoms with Crippen molar-refractivity contribution in [2.24, 2.45) is 5.92 Å². The van der Waals surface area contributed by atoms with E-state index in [2.05, 4.69) is 34.1 Å². The molecule has 4 aliphatic rings. The second-order valence-corrected chi connectivity index (χ2v) is 8.23. The summed E-state index contributed by atoms with van der Waals surface area (Å²) in [5.74, 6) is 1.66. The van der Waals surface area contributed by atoms with Crippen molar-refractivity contribution in [3.05, 3.63) is 35.4 Å². The fourth-order valence-electron chi connectivity index (χ4n) is 4.72. The van der Waals surface area contributed by atoms with Gasteiger partial charge in [-0.15, -0.1) is 0 Å². The molecule has 3 fully saturated rings. The van der Waals surface area contributed by atoms with Gasteiger partial charge in [0.25, 0.3) is 0 Å². The predicted octanol–water partition coefficient (Wildman–Crippen LogP) is 2.44. The summed E-state index contributed by atoms with van der Waals surface area (Å²) in [6.07, 6.45) is 6.89. The van der Waals surface area contributed by atoms with Crippen LogP contribution in [0.1, 0.15) is 24.0 Å². The number of carbonyl (C=O) groups is 1. The van der Waals surface area contributed by atoms with Gasteiger partial charge in [0.15, 0.2) is 0 Å². The monoisotopic (exact) mass is 330 g/mol. The van der Waals surface area contributed by atoms with E-state index in [1.807, 2.05) is 6.26 Å². The number of carbonyl (C=O) groups excluding carboxylic acids is 1. The number of hydrogen-bond acceptors (Lipinski definition) is 3. The van der Waals surface area contributed by atoms with Gasteiger partial charge in [-0.2, -0.15) is 11.8 Å². The van der Waals surface area contributed by atoms with Gasteiger partial charge in [-0.05, 0) is 49.0 Å². The molecule has 3 heterocycles. The van der Waals surface area contributed by atoms with Crippen molar-refractivity contribution in [2.45, 2.75) is 37.8 Å². The second kappa shape index (κ2) is 6.48. The Morgan fingerprint density at radius 3 is 2.52 bits per heavy atom. The van der Waals surface area contributed by atoms with E-state index in [1.54, 1.807) is 11.8 Å². The summed E-state index contributed by atoms with van der Waals surface area (Å²) < 4.78 is 0. The Labute approximate surface area is 143 Å². The standard InChI is InChI=1S/C19H26N2OS/c1-23-13-19(22)21-11-14-6-7-17(21)12-20(10-14)18-8-15-4-2-3-5-16(15)9-18/h2-5,14,17-18H,6-13H2,1H3/t14-,17+/m1/s1. The highest BCUT2D eigenvalue weighted by atomic mass is 32.2. The third kappa shape index (κ3) is 3.03. The molecule has 3 nitrogen and oxygen atoms in total. The lowest BCUT2D eigenvalue weighted by molar-refractivity contribution is -0.132. The molecular weight excluding hydrogens is 304 g/mol. The van der Waals surface area contributed by atoms with E-state index in [9.17, 15) is 4.79 Å². The molecule has 0 N–H and O–H groups in total. The smallest absolute Gasteiger partial charge is 0.232 e. The van der Waals surface area contributed by atoms with Gasteiger partial charge in [0, 0.05) is 31.7 Å². The topological polar surface area (TPSA) is 23.6 Å². The fraction of sp³-hybridized carbons (Fsp3) is 0.632. The van der Waals surface area contributed by atoms with Crippen molar-refractivity contribution >= 4 is 17.7 Å². The SMILES string of the molecule is CSCC(=O)N1C[C@@H]2CC[C@H]1CN(C1Cc3ccccc3C1)C2. The highest BCUT2D eigenvalue weighted by molar-refractivity contribution is 7.99. The maximum Gasteiger partial charge on any atom is 0.232 e. The quantitative estimate of drug-likeness (QED) is 0.850. The second-order valence-electron chi connectivity index (χ2n) is 7.36. The van der Waals surface area contributed by atoms with Gasteiger partial charge in [-0.25, -0.2) is 0 Å². The number of thioether (sulfide) groups is 1. The van der Waals surface area contributed by atoms with Crippen molar-refractivity contribution in [3.8, 4) is 0 Å². The number of piperidine rings is 1. The van der Waals surface area contributed by atoms with Crippen molar-refractivity contribution in [2.75, 3.05) is 31.6 Å². The van der Waals surface area contributed by atoms with Crippen LogP contribution in [-0.2, 0) is 17.6 Å². The molecule has 0 saturated carbocycles. The molecule has 2 atom stereocenters. The van der Waals surface area contributed by atoms with Crippen LogP contribution >= 0.6 is 11.8 Å². The number of fused-ring (bicyclic) bond motifs is 5. The normalized spacial score (nSPS) is 28.0. The Kier molecular flexibility index (Phi) is 4.37. The van der Waals surface area contributed by atoms with Crippen LogP contribution in [0.5, 0.6) is 0 Å². The van der Waals surface area contributed by atoms with E-state index in [-0.39, 0.29) is 0 Å². The van der Waals surface area contributed by atoms with Crippen LogP contribution in [0.4, 0.5) is 0 Å². The average molecular weight is 330 g/mol. The molecule has 1 aromatic rings. The highest BCUT2D eigenvalue weighted by Gasteiger charge is 2.39. The molecule has 4 heteroatoms. The number of benzene rings is 1. The first-order chi connectivity index (χ1) is 11.2. The summed E-state index contributed by atoms with van der Waals surface area (Å²) in [4.78, 5) is 17.3. The lowest BCUT2D eigenvalue weighted by Crippen LogP contribution is -2.48. The summed E-state index contributed by atoms with van der Waals surface area (Å²) in [6.45, 7) is 3.24. The Hall–Kier alpha value is -1.00. The third-order valence-electron chi connectivity index (χ3n) is 5.88. The largest absolute Gasteiger partial charge is 0.337 e. The molecule has 0 radical (unpaired) electrons. The Morgan fingerprint density at radius 1 is 1.09 bits per heavy atom. The van der Waals surface area contributed by atoms with Crippen LogP contribution in [0.2, 0.25) is 0 Å². The average Bonchev–Trinajstić information content (AvgIpc) is 2.78. The van der Waals surface area contributed by atoms with Gasteiger partial charge < -0.3 is 4.90 Å². The van der Waals surface area contributed by atoms with E-state index in [1.165, 1.54) is 43.4 Å². The molecule has 3 aliphatic heterocycles. The van der Waals surface area contributed by atoms with Gasteiger partial charge in [-0.3, -0.25) is 9.69 Å². The minimum Gasteiger partial charge on any atom is -0.337 e. The minimum atomic E-state index is 0.351. The molecular formula is C19H26N2OS. The van der Waals surface area contributed by atoms with Crippen LogP contribution < -0.4 is 0 Å². The maximum atomic E-state index is 12.4. The number of rotatable bonds is 3. The van der Waals surface area contributed by atoms with E-state index in [0.29, 0.717) is 29.7 Å². The first kappa shape index (κ1) is 15.5. The molecule has 23 heavy (non-hydrogen) atoms. The third-order valence-corrected chi connectivity index (χ3v) is 6.41. The number of nitrogens with zero attached hydrogens (tertiary/aromatic N) is 2. The predicted molar refractivity (Wildman–Crippen MR) is 95.8 cm³/mol. The van der Waals surface area contributed by atoms with Crippen LogP contribution in [-0.4, -0.2) is 59.4 Å². The summed E-state index contributed by atoms with van der Waals surface area (Å²) in [5.41, 5.74) is 3.06. The highest BCUT2D eigenvalue weighted by Crippen LogP contribution is 2.33. The molecule has 1 aliphatic carbocycles. The first-order valence-corrected chi connectivity index (χ1v) is 10.2. The molecule has 0 unspecified atom stereocenters. The van der Waals surface area contributed by atoms with Crippen molar-refractivity contribution in [1.29, 1.82) is 0 Å². The van der Waals surface area contributed by atoms with Gasteiger partial charge in [0.1, 0.15) is 0 Å². The van der Waals surface area contributed by atoms with E-state index in [4.69, 9.17) is 0 Å². The van der Waals surface area contributed by atoms with Crippen molar-refractivity contribution < 1.29 is 4.79 Å². The lowest BCUT2D eigenvalue weighted by Gasteiger charge is -2.36. The molecule has 124 valence electrons. The fourth-order valence-corrected chi connectivity index (χ4v) is 5.13. The summed E-state index contributed by atoms with van der Waals surface area (Å²) in [5, 5.41) is 0. The Bertz CT molecular complexity index is 565. The molecule has 3 saturated heterocycles. The zero-order valence-electron chi connectivity index (χ0n) is 13.9. The lowest BCUT2D eigenvalue weighted by atomic mass is 9.95. The summed E-state index contributed by atoms with van der Waals surface area (Å²) >= 11 is 1.65. The van der Waals surface area contributed by atoms with E-state index in [0.717, 1.165) is 13.1 Å². The first-order valence-electron chi connectivity index (χ1n) is 8.84. The molecule has 1 amide bonds. The van der Waals surface area contributed by atoms with Gasteiger partial charge in [0.2, 0.25) is 5.91 Å². The van der Waals surface area contributed by atoms with Gasteiger partial charge >= 0.3 is 0 Å². The van der Waals surface area contributed by atoms with Crippen LogP contribution in [0, 0.1) is 5.92 Å². The molecule has 5 rings (SSSR count). The Morgan fingerprint density at radius 2 is 1.83 bits per heavy atom. The zero-order valence-corrected chi connectivity index (χ0v) is 14.7. The van der Waals surface area contributed by atoms with Crippen LogP contribution in [0.3, 0.4) is 0 Å². The maximum absolute atomic E-state index is 12.4. The van der Waals surface area contributed by atoms with Crippen molar-refractivity contribution in [1.82, 2.24) is 9.80 Å². The van der Waals surface area contributed by atoms with Gasteiger partial charge in [0.05, 0.1) is 5.75 Å². The number of amides is 1. The summed E-state index contributed by atoms with van der Waals surface area (Å²) in [7, 11) is 0. The molecule has 2 bridgehead atoms. The minimum absolute atomic E-state index is 0.351. The number of hydrogen-bond donors (Lipinski definition) is 0. The summed E-state index contributed by atoms with van der Waals surface area (Å²) in [6, 6.07) is 9.99. The molecule has 1 aromatic carbocycles. The van der Waals surface area contributed by atoms with Crippen LogP contribution in [0.15, 0.2) is 24.3 Å². The molecule has 0 aromatic heterocycles. The Balaban J connectivity index is 1.48. The van der Waals surface area contributed by atoms with Crippen LogP contribution in [0.25, 0.3) is 0 Å².